The molecule has 0 aliphatic rings. The van der Waals surface area contributed by atoms with Gasteiger partial charge in [0.05, 0.1) is 5.02 Å². The van der Waals surface area contributed by atoms with E-state index in [1.807, 2.05) is 0 Å². The van der Waals surface area contributed by atoms with Crippen LogP contribution in [0.25, 0.3) is 0 Å². The molecule has 0 atom stereocenters. The SMILES string of the molecule is Cc1cc(Cl)c(S(=O)(=O)Nc2ccn(C)n2)cc1N. The first-order valence-corrected chi connectivity index (χ1v) is 7.24. The molecule has 8 heteroatoms. The summed E-state index contributed by atoms with van der Waals surface area (Å²) in [7, 11) is -2.12. The largest absolute Gasteiger partial charge is 0.398 e. The molecule has 0 aliphatic heterocycles. The van der Waals surface area contributed by atoms with Crippen LogP contribution in [0.15, 0.2) is 29.3 Å². The number of hydrogen-bond donors (Lipinski definition) is 2. The molecule has 0 fully saturated rings. The fraction of sp³-hybridized carbons (Fsp3) is 0.182. The molecule has 0 saturated heterocycles. The predicted octanol–water partition coefficient (Wildman–Crippen LogP) is 1.76. The van der Waals surface area contributed by atoms with Gasteiger partial charge in [0.15, 0.2) is 5.82 Å². The van der Waals surface area contributed by atoms with E-state index in [9.17, 15) is 8.42 Å². The number of nitrogens with zero attached hydrogens (tertiary/aromatic N) is 2. The minimum Gasteiger partial charge on any atom is -0.398 e. The highest BCUT2D eigenvalue weighted by Gasteiger charge is 2.20. The number of aryl methyl sites for hydroxylation is 2. The molecule has 2 aromatic rings. The van der Waals surface area contributed by atoms with Crippen LogP contribution in [-0.4, -0.2) is 18.2 Å². The third-order valence-corrected chi connectivity index (χ3v) is 4.38. The van der Waals surface area contributed by atoms with Gasteiger partial charge in [-0.15, -0.1) is 0 Å². The van der Waals surface area contributed by atoms with Crippen LogP contribution in [0.3, 0.4) is 0 Å². The van der Waals surface area contributed by atoms with E-state index in [0.717, 1.165) is 5.56 Å². The number of hydrogen-bond acceptors (Lipinski definition) is 4. The van der Waals surface area contributed by atoms with Crippen LogP contribution in [-0.2, 0) is 17.1 Å². The van der Waals surface area contributed by atoms with E-state index in [2.05, 4.69) is 9.82 Å². The van der Waals surface area contributed by atoms with Crippen molar-refractivity contribution < 1.29 is 8.42 Å². The molecule has 0 aliphatic carbocycles. The molecule has 0 bridgehead atoms. The molecule has 1 heterocycles. The number of anilines is 2. The first-order valence-electron chi connectivity index (χ1n) is 5.37. The molecule has 3 N–H and O–H groups in total. The number of rotatable bonds is 3. The van der Waals surface area contributed by atoms with Crippen molar-refractivity contribution in [2.45, 2.75) is 11.8 Å². The maximum atomic E-state index is 12.2. The van der Waals surface area contributed by atoms with Gasteiger partial charge >= 0.3 is 0 Å². The quantitative estimate of drug-likeness (QED) is 0.845. The van der Waals surface area contributed by atoms with Crippen molar-refractivity contribution in [1.82, 2.24) is 9.78 Å². The van der Waals surface area contributed by atoms with Crippen LogP contribution >= 0.6 is 11.6 Å². The lowest BCUT2D eigenvalue weighted by molar-refractivity contribution is 0.601. The second-order valence-electron chi connectivity index (χ2n) is 4.12. The van der Waals surface area contributed by atoms with Gasteiger partial charge in [0.25, 0.3) is 10.0 Å². The zero-order chi connectivity index (χ0) is 14.2. The van der Waals surface area contributed by atoms with Crippen molar-refractivity contribution in [3.63, 3.8) is 0 Å². The average molecular weight is 301 g/mol. The van der Waals surface area contributed by atoms with Crippen LogP contribution in [0.4, 0.5) is 11.5 Å². The predicted molar refractivity (Wildman–Crippen MR) is 74.6 cm³/mol. The Morgan fingerprint density at radius 3 is 2.68 bits per heavy atom. The number of benzene rings is 1. The fourth-order valence-electron chi connectivity index (χ4n) is 1.54. The third kappa shape index (κ3) is 2.82. The highest BCUT2D eigenvalue weighted by Crippen LogP contribution is 2.27. The van der Waals surface area contributed by atoms with Crippen molar-refractivity contribution in [3.05, 3.63) is 35.0 Å². The highest BCUT2D eigenvalue weighted by molar-refractivity contribution is 7.92. The summed E-state index contributed by atoms with van der Waals surface area (Å²) in [6.07, 6.45) is 1.63. The Morgan fingerprint density at radius 2 is 2.11 bits per heavy atom. The highest BCUT2D eigenvalue weighted by atomic mass is 35.5. The molecule has 0 unspecified atom stereocenters. The van der Waals surface area contributed by atoms with Crippen molar-refractivity contribution in [2.75, 3.05) is 10.5 Å². The summed E-state index contributed by atoms with van der Waals surface area (Å²) in [6.45, 7) is 1.75. The molecule has 102 valence electrons. The van der Waals surface area contributed by atoms with Gasteiger partial charge in [0, 0.05) is 25.0 Å². The van der Waals surface area contributed by atoms with Crippen LogP contribution < -0.4 is 10.5 Å². The van der Waals surface area contributed by atoms with Gasteiger partial charge in [-0.2, -0.15) is 5.10 Å². The molecule has 0 saturated carbocycles. The van der Waals surface area contributed by atoms with E-state index in [0.29, 0.717) is 5.69 Å². The summed E-state index contributed by atoms with van der Waals surface area (Å²) in [5.74, 6) is 0.220. The molecule has 1 aromatic carbocycles. The average Bonchev–Trinajstić information content (AvgIpc) is 2.68. The standard InChI is InChI=1S/C11H13ClN4O2S/c1-7-5-8(12)10(6-9(7)13)19(17,18)15-11-3-4-16(2)14-11/h3-6H,13H2,1-2H3,(H,14,15). The monoisotopic (exact) mass is 300 g/mol. The summed E-state index contributed by atoms with van der Waals surface area (Å²) in [5, 5.41) is 4.06. The minimum atomic E-state index is -3.81. The van der Waals surface area contributed by atoms with Gasteiger partial charge in [-0.1, -0.05) is 11.6 Å². The zero-order valence-electron chi connectivity index (χ0n) is 10.4. The second kappa shape index (κ2) is 4.75. The van der Waals surface area contributed by atoms with Crippen LogP contribution in [0, 0.1) is 6.92 Å². The Bertz CT molecular complexity index is 724. The number of nitrogen functional groups attached to an aromatic ring is 1. The van der Waals surface area contributed by atoms with Crippen molar-refractivity contribution in [1.29, 1.82) is 0 Å². The van der Waals surface area contributed by atoms with Crippen LogP contribution in [0.5, 0.6) is 0 Å². The summed E-state index contributed by atoms with van der Waals surface area (Å²) in [5.41, 5.74) is 6.80. The maximum Gasteiger partial charge on any atom is 0.264 e. The molecule has 0 spiro atoms. The second-order valence-corrected chi connectivity index (χ2v) is 6.18. The normalized spacial score (nSPS) is 11.5. The number of nitrogens with two attached hydrogens (primary N) is 1. The van der Waals surface area contributed by atoms with E-state index in [-0.39, 0.29) is 15.7 Å². The molecule has 2 rings (SSSR count). The molecule has 19 heavy (non-hydrogen) atoms. The number of sulfonamides is 1. The number of halogens is 1. The van der Waals surface area contributed by atoms with E-state index >= 15 is 0 Å². The van der Waals surface area contributed by atoms with Crippen LogP contribution in [0.1, 0.15) is 5.56 Å². The Labute approximate surface area is 116 Å². The lowest BCUT2D eigenvalue weighted by Crippen LogP contribution is -2.14. The molecule has 0 amide bonds. The molecule has 6 nitrogen and oxygen atoms in total. The van der Waals surface area contributed by atoms with Gasteiger partial charge in [0.2, 0.25) is 0 Å². The third-order valence-electron chi connectivity index (χ3n) is 2.56. The lowest BCUT2D eigenvalue weighted by Gasteiger charge is -2.09. The smallest absolute Gasteiger partial charge is 0.264 e. The van der Waals surface area contributed by atoms with Gasteiger partial charge in [0.1, 0.15) is 4.90 Å². The first kappa shape index (κ1) is 13.7. The number of aromatic nitrogens is 2. The zero-order valence-corrected chi connectivity index (χ0v) is 12.0. The topological polar surface area (TPSA) is 90.0 Å². The first-order chi connectivity index (χ1) is 8.79. The summed E-state index contributed by atoms with van der Waals surface area (Å²) in [6, 6.07) is 4.40. The molecular weight excluding hydrogens is 288 g/mol. The summed E-state index contributed by atoms with van der Waals surface area (Å²) >= 11 is 5.96. The molecular formula is C11H13ClN4O2S. The van der Waals surface area contributed by atoms with Gasteiger partial charge in [-0.3, -0.25) is 9.40 Å². The van der Waals surface area contributed by atoms with Crippen molar-refractivity contribution >= 4 is 33.1 Å². The van der Waals surface area contributed by atoms with Crippen molar-refractivity contribution in [3.8, 4) is 0 Å². The fourth-order valence-corrected chi connectivity index (χ4v) is 3.15. The lowest BCUT2D eigenvalue weighted by atomic mass is 10.2. The van der Waals surface area contributed by atoms with Crippen LogP contribution in [0.2, 0.25) is 5.02 Å². The minimum absolute atomic E-state index is 0.0667. The van der Waals surface area contributed by atoms with Crippen molar-refractivity contribution in [2.24, 2.45) is 7.05 Å². The van der Waals surface area contributed by atoms with Gasteiger partial charge < -0.3 is 5.73 Å². The van der Waals surface area contributed by atoms with E-state index < -0.39 is 10.0 Å². The Hall–Kier alpha value is -1.73. The van der Waals surface area contributed by atoms with Gasteiger partial charge in [-0.05, 0) is 24.6 Å². The number of nitrogens with one attached hydrogen (secondary N) is 1. The van der Waals surface area contributed by atoms with Gasteiger partial charge in [-0.25, -0.2) is 8.42 Å². The maximum absolute atomic E-state index is 12.2. The molecule has 0 radical (unpaired) electrons. The van der Waals surface area contributed by atoms with E-state index in [1.54, 1.807) is 26.2 Å². The summed E-state index contributed by atoms with van der Waals surface area (Å²) in [4.78, 5) is -0.0667. The Balaban J connectivity index is 2.42. The Kier molecular flexibility index (Phi) is 3.42. The molecule has 1 aromatic heterocycles. The Morgan fingerprint density at radius 1 is 1.42 bits per heavy atom. The van der Waals surface area contributed by atoms with E-state index in [4.69, 9.17) is 17.3 Å². The van der Waals surface area contributed by atoms with E-state index in [1.165, 1.54) is 16.8 Å². The summed E-state index contributed by atoms with van der Waals surface area (Å²) < 4.78 is 28.2.